The molecule has 1 N–H and O–H groups in total. The summed E-state index contributed by atoms with van der Waals surface area (Å²) in [5, 5.41) is 9.36. The molecule has 1 spiro atoms. The van der Waals surface area contributed by atoms with Crippen LogP contribution in [0, 0.1) is 0 Å². The third-order valence-corrected chi connectivity index (χ3v) is 4.04. The normalized spacial score (nSPS) is 23.6. The first-order valence-corrected chi connectivity index (χ1v) is 6.65. The third-order valence-electron chi connectivity index (χ3n) is 4.04. The van der Waals surface area contributed by atoms with Crippen LogP contribution in [0.15, 0.2) is 18.3 Å². The Balaban J connectivity index is 1.72. The smallest absolute Gasteiger partial charge is 0.168 e. The molecule has 0 amide bonds. The van der Waals surface area contributed by atoms with E-state index in [-0.39, 0.29) is 12.4 Å². The van der Waals surface area contributed by atoms with Gasteiger partial charge in [-0.1, -0.05) is 6.07 Å². The molecule has 3 rings (SSSR count). The minimum absolute atomic E-state index is 0.0673. The molecule has 18 heavy (non-hydrogen) atoms. The van der Waals surface area contributed by atoms with Gasteiger partial charge in [-0.05, 0) is 24.5 Å². The van der Waals surface area contributed by atoms with Gasteiger partial charge in [0.25, 0.3) is 0 Å². The van der Waals surface area contributed by atoms with Crippen LogP contribution in [0.25, 0.3) is 0 Å². The van der Waals surface area contributed by atoms with Crippen LogP contribution in [0.3, 0.4) is 0 Å². The summed E-state index contributed by atoms with van der Waals surface area (Å²) in [6.07, 6.45) is 5.70. The maximum absolute atomic E-state index is 9.36. The van der Waals surface area contributed by atoms with Crippen LogP contribution >= 0.6 is 0 Å². The average Bonchev–Trinajstić information content (AvgIpc) is 2.88. The number of hydrogen-bond acceptors (Lipinski definition) is 4. The molecule has 0 aromatic carbocycles. The summed E-state index contributed by atoms with van der Waals surface area (Å²) in [4.78, 5) is 4.45. The molecule has 1 aliphatic carbocycles. The summed E-state index contributed by atoms with van der Waals surface area (Å²) in [6, 6.07) is 3.83. The fourth-order valence-electron chi connectivity index (χ4n) is 3.07. The van der Waals surface area contributed by atoms with Gasteiger partial charge < -0.3 is 14.6 Å². The number of aliphatic hydroxyl groups is 1. The van der Waals surface area contributed by atoms with Crippen molar-refractivity contribution < 1.29 is 14.6 Å². The molecule has 1 saturated heterocycles. The highest BCUT2D eigenvalue weighted by Gasteiger charge is 2.41. The van der Waals surface area contributed by atoms with Crippen LogP contribution in [0.5, 0.6) is 0 Å². The van der Waals surface area contributed by atoms with Gasteiger partial charge in [-0.25, -0.2) is 0 Å². The Morgan fingerprint density at radius 2 is 2.00 bits per heavy atom. The van der Waals surface area contributed by atoms with Gasteiger partial charge in [0, 0.05) is 30.7 Å². The van der Waals surface area contributed by atoms with Crippen molar-refractivity contribution in [3.8, 4) is 0 Å². The van der Waals surface area contributed by atoms with Crippen molar-refractivity contribution in [1.29, 1.82) is 0 Å². The van der Waals surface area contributed by atoms with Gasteiger partial charge >= 0.3 is 0 Å². The topological polar surface area (TPSA) is 51.6 Å². The molecule has 0 atom stereocenters. The summed E-state index contributed by atoms with van der Waals surface area (Å²) >= 11 is 0. The monoisotopic (exact) mass is 249 g/mol. The maximum atomic E-state index is 9.36. The van der Waals surface area contributed by atoms with Gasteiger partial charge in [-0.15, -0.1) is 0 Å². The van der Waals surface area contributed by atoms with Gasteiger partial charge in [0.15, 0.2) is 5.79 Å². The van der Waals surface area contributed by atoms with Crippen LogP contribution in [-0.4, -0.2) is 29.1 Å². The predicted octanol–water partition coefficient (Wildman–Crippen LogP) is 1.97. The SMILES string of the molecule is OCc1cccnc1C1CCC2(CC1)OCCO2. The summed E-state index contributed by atoms with van der Waals surface area (Å²) in [5.74, 6) is 0.108. The highest BCUT2D eigenvalue weighted by Crippen LogP contribution is 2.42. The van der Waals surface area contributed by atoms with E-state index in [1.165, 1.54) is 0 Å². The summed E-state index contributed by atoms with van der Waals surface area (Å²) in [7, 11) is 0. The van der Waals surface area contributed by atoms with Crippen LogP contribution in [-0.2, 0) is 16.1 Å². The predicted molar refractivity (Wildman–Crippen MR) is 66.0 cm³/mol. The van der Waals surface area contributed by atoms with Crippen LogP contribution in [0.2, 0.25) is 0 Å². The highest BCUT2D eigenvalue weighted by atomic mass is 16.7. The van der Waals surface area contributed by atoms with E-state index < -0.39 is 0 Å². The first kappa shape index (κ1) is 12.1. The van der Waals surface area contributed by atoms with Gasteiger partial charge in [0.2, 0.25) is 0 Å². The zero-order valence-electron chi connectivity index (χ0n) is 10.5. The molecule has 0 unspecified atom stereocenters. The Morgan fingerprint density at radius 3 is 2.67 bits per heavy atom. The minimum atomic E-state index is -0.315. The summed E-state index contributed by atoms with van der Waals surface area (Å²) in [6.45, 7) is 1.50. The van der Waals surface area contributed by atoms with Gasteiger partial charge in [0.05, 0.1) is 19.8 Å². The molecular formula is C14H19NO3. The van der Waals surface area contributed by atoms with Crippen molar-refractivity contribution in [2.75, 3.05) is 13.2 Å². The lowest BCUT2D eigenvalue weighted by Crippen LogP contribution is -2.34. The standard InChI is InChI=1S/C14H19NO3/c16-10-12-2-1-7-15-13(12)11-3-5-14(6-4-11)17-8-9-18-14/h1-2,7,11,16H,3-6,8-10H2. The Kier molecular flexibility index (Phi) is 3.33. The molecule has 4 nitrogen and oxygen atoms in total. The Bertz CT molecular complexity index is 405. The van der Waals surface area contributed by atoms with E-state index >= 15 is 0 Å². The van der Waals surface area contributed by atoms with E-state index in [1.807, 2.05) is 12.1 Å². The molecule has 2 heterocycles. The molecule has 98 valence electrons. The number of pyridine rings is 1. The molecule has 2 fully saturated rings. The lowest BCUT2D eigenvalue weighted by molar-refractivity contribution is -0.179. The minimum Gasteiger partial charge on any atom is -0.392 e. The fraction of sp³-hybridized carbons (Fsp3) is 0.643. The van der Waals surface area contributed by atoms with Crippen LogP contribution in [0.4, 0.5) is 0 Å². The number of aromatic nitrogens is 1. The maximum Gasteiger partial charge on any atom is 0.168 e. The van der Waals surface area contributed by atoms with E-state index in [0.29, 0.717) is 5.92 Å². The zero-order chi connectivity index (χ0) is 12.4. The average molecular weight is 249 g/mol. The van der Waals surface area contributed by atoms with Crippen molar-refractivity contribution in [1.82, 2.24) is 4.98 Å². The van der Waals surface area contributed by atoms with Crippen LogP contribution < -0.4 is 0 Å². The second-order valence-electron chi connectivity index (χ2n) is 5.09. The first-order valence-electron chi connectivity index (χ1n) is 6.65. The zero-order valence-corrected chi connectivity index (χ0v) is 10.5. The van der Waals surface area contributed by atoms with Crippen molar-refractivity contribution in [3.63, 3.8) is 0 Å². The molecule has 0 radical (unpaired) electrons. The lowest BCUT2D eigenvalue weighted by atomic mass is 9.82. The molecule has 4 heteroatoms. The van der Waals surface area contributed by atoms with E-state index in [9.17, 15) is 5.11 Å². The van der Waals surface area contributed by atoms with Crippen LogP contribution in [0.1, 0.15) is 42.9 Å². The molecular weight excluding hydrogens is 230 g/mol. The van der Waals surface area contributed by atoms with Gasteiger partial charge in [-0.2, -0.15) is 0 Å². The largest absolute Gasteiger partial charge is 0.392 e. The second kappa shape index (κ2) is 4.96. The number of rotatable bonds is 2. The number of hydrogen-bond donors (Lipinski definition) is 1. The highest BCUT2D eigenvalue weighted by molar-refractivity contribution is 5.23. The van der Waals surface area contributed by atoms with E-state index in [2.05, 4.69) is 4.98 Å². The number of nitrogens with zero attached hydrogens (tertiary/aromatic N) is 1. The van der Waals surface area contributed by atoms with E-state index in [4.69, 9.17) is 9.47 Å². The Hall–Kier alpha value is -0.970. The van der Waals surface area contributed by atoms with Crippen molar-refractivity contribution in [2.24, 2.45) is 0 Å². The summed E-state index contributed by atoms with van der Waals surface area (Å²) in [5.41, 5.74) is 2.00. The molecule has 1 aliphatic heterocycles. The molecule has 0 bridgehead atoms. The van der Waals surface area contributed by atoms with Crippen molar-refractivity contribution in [2.45, 2.75) is 44.0 Å². The van der Waals surface area contributed by atoms with Crippen molar-refractivity contribution in [3.05, 3.63) is 29.6 Å². The molecule has 1 saturated carbocycles. The number of ether oxygens (including phenoxy) is 2. The van der Waals surface area contributed by atoms with Gasteiger partial charge in [0.1, 0.15) is 0 Å². The van der Waals surface area contributed by atoms with E-state index in [0.717, 1.165) is 50.2 Å². The summed E-state index contributed by atoms with van der Waals surface area (Å²) < 4.78 is 11.5. The second-order valence-corrected chi connectivity index (χ2v) is 5.09. The van der Waals surface area contributed by atoms with E-state index in [1.54, 1.807) is 6.20 Å². The first-order chi connectivity index (χ1) is 8.83. The number of aliphatic hydroxyl groups excluding tert-OH is 1. The van der Waals surface area contributed by atoms with Crippen molar-refractivity contribution >= 4 is 0 Å². The fourth-order valence-corrected chi connectivity index (χ4v) is 3.07. The Morgan fingerprint density at radius 1 is 1.28 bits per heavy atom. The Labute approximate surface area is 107 Å². The molecule has 1 aromatic rings. The lowest BCUT2D eigenvalue weighted by Gasteiger charge is -2.35. The van der Waals surface area contributed by atoms with Gasteiger partial charge in [-0.3, -0.25) is 4.98 Å². The third kappa shape index (κ3) is 2.16. The molecule has 1 aromatic heterocycles. The quantitative estimate of drug-likeness (QED) is 0.870. The molecule has 2 aliphatic rings.